The van der Waals surface area contributed by atoms with Gasteiger partial charge < -0.3 is 9.47 Å². The number of carbonyl (C=O) groups is 1. The first kappa shape index (κ1) is 20.8. The second-order valence-electron chi connectivity index (χ2n) is 7.28. The lowest BCUT2D eigenvalue weighted by atomic mass is 10.0. The average molecular weight is 389 g/mol. The Morgan fingerprint density at radius 2 is 1.34 bits per heavy atom. The Kier molecular flexibility index (Phi) is 8.02. The number of hydrogen-bond donors (Lipinski definition) is 0. The summed E-state index contributed by atoms with van der Waals surface area (Å²) in [5.41, 5.74) is 3.49. The van der Waals surface area contributed by atoms with E-state index < -0.39 is 0 Å². The molecule has 3 rings (SSSR count). The molecule has 0 aliphatic heterocycles. The molecule has 3 nitrogen and oxygen atoms in total. The van der Waals surface area contributed by atoms with Gasteiger partial charge in [0, 0.05) is 6.42 Å². The van der Waals surface area contributed by atoms with Crippen LogP contribution in [0.15, 0.2) is 84.9 Å². The first-order valence-corrected chi connectivity index (χ1v) is 10.1. The molecule has 150 valence electrons. The summed E-state index contributed by atoms with van der Waals surface area (Å²) in [5, 5.41) is 0. The van der Waals surface area contributed by atoms with Crippen LogP contribution in [0.2, 0.25) is 0 Å². The molecular weight excluding hydrogens is 360 g/mol. The topological polar surface area (TPSA) is 35.5 Å². The van der Waals surface area contributed by atoms with E-state index in [1.807, 2.05) is 60.7 Å². The van der Waals surface area contributed by atoms with Crippen LogP contribution in [0.25, 0.3) is 0 Å². The summed E-state index contributed by atoms with van der Waals surface area (Å²) in [7, 11) is 0. The van der Waals surface area contributed by atoms with Crippen molar-refractivity contribution in [3.05, 3.63) is 102 Å². The van der Waals surface area contributed by atoms with Gasteiger partial charge in [-0.25, -0.2) is 0 Å². The number of ether oxygens (including phenoxy) is 2. The Hall–Kier alpha value is -2.91. The summed E-state index contributed by atoms with van der Waals surface area (Å²) in [6, 6.07) is 28.4. The van der Waals surface area contributed by atoms with Gasteiger partial charge in [-0.3, -0.25) is 4.79 Å². The van der Waals surface area contributed by atoms with Crippen LogP contribution in [0.1, 0.15) is 36.5 Å². The van der Waals surface area contributed by atoms with Gasteiger partial charge in [-0.1, -0.05) is 72.8 Å². The highest BCUT2D eigenvalue weighted by Gasteiger charge is 2.12. The fourth-order valence-electron chi connectivity index (χ4n) is 3.17. The van der Waals surface area contributed by atoms with Crippen molar-refractivity contribution in [1.82, 2.24) is 0 Å². The van der Waals surface area contributed by atoms with Gasteiger partial charge in [-0.2, -0.15) is 0 Å². The molecule has 0 aromatic heterocycles. The molecular formula is C26H28O3. The summed E-state index contributed by atoms with van der Waals surface area (Å²) in [6.45, 7) is 2.72. The lowest BCUT2D eigenvalue weighted by molar-refractivity contribution is -0.120. The predicted octanol–water partition coefficient (Wildman–Crippen LogP) is 5.76. The SMILES string of the molecule is CC(=O)C[C@@H](CCc1ccc(OCc2ccccc2)cc1)OCc1ccccc1. The smallest absolute Gasteiger partial charge is 0.132 e. The monoisotopic (exact) mass is 388 g/mol. The third kappa shape index (κ3) is 7.55. The highest BCUT2D eigenvalue weighted by Crippen LogP contribution is 2.18. The zero-order chi connectivity index (χ0) is 20.3. The molecule has 0 unspecified atom stereocenters. The maximum absolute atomic E-state index is 11.6. The van der Waals surface area contributed by atoms with Gasteiger partial charge in [0.25, 0.3) is 0 Å². The molecule has 0 bridgehead atoms. The Balaban J connectivity index is 1.48. The summed E-state index contributed by atoms with van der Waals surface area (Å²) in [5.74, 6) is 1.02. The molecule has 3 heteroatoms. The predicted molar refractivity (Wildman–Crippen MR) is 116 cm³/mol. The zero-order valence-corrected chi connectivity index (χ0v) is 16.9. The van der Waals surface area contributed by atoms with Crippen LogP contribution in [0.5, 0.6) is 5.75 Å². The first-order chi connectivity index (χ1) is 14.2. The van der Waals surface area contributed by atoms with Crippen LogP contribution in [-0.4, -0.2) is 11.9 Å². The van der Waals surface area contributed by atoms with Crippen LogP contribution in [-0.2, 0) is 29.2 Å². The average Bonchev–Trinajstić information content (AvgIpc) is 2.76. The van der Waals surface area contributed by atoms with E-state index in [-0.39, 0.29) is 11.9 Å². The molecule has 0 radical (unpaired) electrons. The Bertz CT molecular complexity index is 857. The van der Waals surface area contributed by atoms with E-state index in [1.165, 1.54) is 5.56 Å². The van der Waals surface area contributed by atoms with Crippen LogP contribution >= 0.6 is 0 Å². The standard InChI is InChI=1S/C26H28O3/c1-21(27)18-26(29-20-24-10-6-3-7-11-24)17-14-22-12-15-25(16-13-22)28-19-23-8-4-2-5-9-23/h2-13,15-16,26H,14,17-20H2,1H3/t26-/m1/s1. The number of ketones is 1. The van der Waals surface area contributed by atoms with E-state index in [2.05, 4.69) is 24.3 Å². The summed E-state index contributed by atoms with van der Waals surface area (Å²) >= 11 is 0. The van der Waals surface area contributed by atoms with E-state index >= 15 is 0 Å². The largest absolute Gasteiger partial charge is 0.489 e. The number of aryl methyl sites for hydroxylation is 1. The van der Waals surface area contributed by atoms with Crippen molar-refractivity contribution in [3.63, 3.8) is 0 Å². The van der Waals surface area contributed by atoms with Crippen molar-refractivity contribution in [1.29, 1.82) is 0 Å². The van der Waals surface area contributed by atoms with Gasteiger partial charge >= 0.3 is 0 Å². The van der Waals surface area contributed by atoms with Crippen molar-refractivity contribution in [2.75, 3.05) is 0 Å². The van der Waals surface area contributed by atoms with Gasteiger partial charge in [0.2, 0.25) is 0 Å². The number of benzene rings is 3. The molecule has 29 heavy (non-hydrogen) atoms. The van der Waals surface area contributed by atoms with Crippen LogP contribution in [0, 0.1) is 0 Å². The van der Waals surface area contributed by atoms with Gasteiger partial charge in [0.15, 0.2) is 0 Å². The molecule has 0 heterocycles. The van der Waals surface area contributed by atoms with Crippen molar-refractivity contribution in [2.45, 2.75) is 45.5 Å². The normalized spacial score (nSPS) is 11.8. The molecule has 0 saturated carbocycles. The molecule has 0 aliphatic rings. The minimum atomic E-state index is -0.0679. The maximum Gasteiger partial charge on any atom is 0.132 e. The highest BCUT2D eigenvalue weighted by atomic mass is 16.5. The van der Waals surface area contributed by atoms with E-state index in [9.17, 15) is 4.79 Å². The number of Topliss-reactive ketones (excluding diaryl/α,β-unsaturated/α-hetero) is 1. The van der Waals surface area contributed by atoms with Crippen LogP contribution in [0.3, 0.4) is 0 Å². The second kappa shape index (κ2) is 11.2. The third-order valence-electron chi connectivity index (χ3n) is 4.77. The lowest BCUT2D eigenvalue weighted by Crippen LogP contribution is -2.17. The molecule has 0 fully saturated rings. The first-order valence-electron chi connectivity index (χ1n) is 10.1. The molecule has 0 N–H and O–H groups in total. The lowest BCUT2D eigenvalue weighted by Gasteiger charge is -2.17. The van der Waals surface area contributed by atoms with Gasteiger partial charge in [-0.15, -0.1) is 0 Å². The van der Waals surface area contributed by atoms with E-state index in [0.29, 0.717) is 19.6 Å². The molecule has 0 amide bonds. The van der Waals surface area contributed by atoms with Crippen LogP contribution in [0.4, 0.5) is 0 Å². The quantitative estimate of drug-likeness (QED) is 0.419. The fourth-order valence-corrected chi connectivity index (χ4v) is 3.17. The highest BCUT2D eigenvalue weighted by molar-refractivity contribution is 5.75. The number of rotatable bonds is 11. The Morgan fingerprint density at radius 1 is 0.759 bits per heavy atom. The van der Waals surface area contributed by atoms with Gasteiger partial charge in [0.1, 0.15) is 18.1 Å². The second-order valence-corrected chi connectivity index (χ2v) is 7.28. The molecule has 3 aromatic rings. The molecule has 1 atom stereocenters. The van der Waals surface area contributed by atoms with E-state index in [4.69, 9.17) is 9.47 Å². The van der Waals surface area contributed by atoms with Crippen molar-refractivity contribution in [2.24, 2.45) is 0 Å². The third-order valence-corrected chi connectivity index (χ3v) is 4.77. The van der Waals surface area contributed by atoms with E-state index in [0.717, 1.165) is 29.7 Å². The Labute approximate surface area is 173 Å². The minimum Gasteiger partial charge on any atom is -0.489 e. The minimum absolute atomic E-state index is 0.0679. The van der Waals surface area contributed by atoms with Crippen molar-refractivity contribution in [3.8, 4) is 5.75 Å². The molecule has 0 spiro atoms. The van der Waals surface area contributed by atoms with Gasteiger partial charge in [0.05, 0.1) is 12.7 Å². The maximum atomic E-state index is 11.6. The van der Waals surface area contributed by atoms with Gasteiger partial charge in [-0.05, 0) is 48.6 Å². The summed E-state index contributed by atoms with van der Waals surface area (Å²) in [6.07, 6.45) is 2.06. The zero-order valence-electron chi connectivity index (χ0n) is 16.9. The van der Waals surface area contributed by atoms with Crippen molar-refractivity contribution >= 4 is 5.78 Å². The number of hydrogen-bond acceptors (Lipinski definition) is 3. The van der Waals surface area contributed by atoms with Crippen molar-refractivity contribution < 1.29 is 14.3 Å². The van der Waals surface area contributed by atoms with Crippen LogP contribution < -0.4 is 4.74 Å². The summed E-state index contributed by atoms with van der Waals surface area (Å²) in [4.78, 5) is 11.6. The van der Waals surface area contributed by atoms with E-state index in [1.54, 1.807) is 6.92 Å². The number of carbonyl (C=O) groups excluding carboxylic acids is 1. The summed E-state index contributed by atoms with van der Waals surface area (Å²) < 4.78 is 11.9. The fraction of sp³-hybridized carbons (Fsp3) is 0.269. The molecule has 0 aliphatic carbocycles. The molecule has 0 saturated heterocycles. The molecule has 3 aromatic carbocycles. The Morgan fingerprint density at radius 3 is 1.93 bits per heavy atom.